The molecular weight excluding hydrogens is 497 g/mol. The molecule has 0 unspecified atom stereocenters. The number of amides is 1. The summed E-state index contributed by atoms with van der Waals surface area (Å²) in [5.74, 6) is 0.440. The van der Waals surface area contributed by atoms with Gasteiger partial charge >= 0.3 is 6.09 Å². The molecule has 0 N–H and O–H groups in total. The fourth-order valence-corrected chi connectivity index (χ4v) is 3.77. The minimum atomic E-state index is -0.811. The first kappa shape index (κ1) is 28.0. The molecule has 1 heterocycles. The molecule has 1 amide bonds. The molecule has 0 aliphatic rings. The molecule has 0 saturated heterocycles. The van der Waals surface area contributed by atoms with Crippen molar-refractivity contribution < 1.29 is 23.2 Å². The van der Waals surface area contributed by atoms with E-state index in [1.807, 2.05) is 25.9 Å². The van der Waals surface area contributed by atoms with Crippen LogP contribution in [0.3, 0.4) is 0 Å². The van der Waals surface area contributed by atoms with Crippen LogP contribution in [0.15, 0.2) is 50.9 Å². The summed E-state index contributed by atoms with van der Waals surface area (Å²) in [5, 5.41) is 4.13. The van der Waals surface area contributed by atoms with Gasteiger partial charge in [-0.05, 0) is 68.7 Å². The Kier molecular flexibility index (Phi) is 9.93. The number of aryl methyl sites for hydroxylation is 2. The fraction of sp³-hybridized carbons (Fsp3) is 0.346. The van der Waals surface area contributed by atoms with Gasteiger partial charge in [-0.15, -0.1) is 11.8 Å². The zero-order valence-corrected chi connectivity index (χ0v) is 22.6. The number of carbonyl (C=O) groups excluding carboxylic acids is 1. The largest absolute Gasteiger partial charge is 0.489 e. The van der Waals surface area contributed by atoms with E-state index in [9.17, 15) is 4.79 Å². The van der Waals surface area contributed by atoms with Crippen molar-refractivity contribution in [2.45, 2.75) is 20.3 Å². The number of hydrogen-bond acceptors (Lipinski definition) is 9. The van der Waals surface area contributed by atoms with Gasteiger partial charge in [-0.3, -0.25) is 0 Å². The third-order valence-electron chi connectivity index (χ3n) is 5.22. The predicted octanol–water partition coefficient (Wildman–Crippen LogP) is 5.34. The number of benzene rings is 2. The van der Waals surface area contributed by atoms with E-state index in [1.165, 1.54) is 7.11 Å². The fourth-order valence-electron chi connectivity index (χ4n) is 3.25. The molecule has 0 fully saturated rings. The number of methoxy groups -OCH3 is 1. The molecule has 0 bridgehead atoms. The van der Waals surface area contributed by atoms with Gasteiger partial charge in [-0.25, -0.2) is 14.2 Å². The molecule has 0 atom stereocenters. The zero-order chi connectivity index (χ0) is 26.9. The number of rotatable bonds is 9. The van der Waals surface area contributed by atoms with Gasteiger partial charge in [0.15, 0.2) is 11.6 Å². The molecule has 3 aromatic rings. The quantitative estimate of drug-likeness (QED) is 0.272. The molecule has 0 saturated carbocycles. The maximum Gasteiger partial charge on any atom is 0.434 e. The zero-order valence-electron chi connectivity index (χ0n) is 21.7. The Balaban J connectivity index is 2.12. The van der Waals surface area contributed by atoms with Crippen LogP contribution < -0.4 is 4.74 Å². The number of halogens is 1. The van der Waals surface area contributed by atoms with Crippen molar-refractivity contribution in [1.29, 1.82) is 0 Å². The topological polar surface area (TPSA) is 102 Å². The molecule has 0 aliphatic heterocycles. The Morgan fingerprint density at radius 1 is 1.22 bits per heavy atom. The second kappa shape index (κ2) is 13.1. The highest BCUT2D eigenvalue weighted by Gasteiger charge is 2.22. The second-order valence-corrected chi connectivity index (χ2v) is 8.99. The van der Waals surface area contributed by atoms with Crippen LogP contribution in [0.1, 0.15) is 23.9 Å². The SMILES string of the molecule is CCc1cc(OCCN(C)C)c(F)c(C(=N\c2ccc(-c3noc(C)n3)cc2)/C(=N/C(=O)OC)SC)c1. The number of hydrogen-bond donors (Lipinski definition) is 0. The smallest absolute Gasteiger partial charge is 0.434 e. The van der Waals surface area contributed by atoms with Gasteiger partial charge in [-0.2, -0.15) is 9.98 Å². The Morgan fingerprint density at radius 2 is 1.95 bits per heavy atom. The number of aromatic nitrogens is 2. The summed E-state index contributed by atoms with van der Waals surface area (Å²) in [4.78, 5) is 26.9. The lowest BCUT2D eigenvalue weighted by molar-refractivity contribution is 0.183. The van der Waals surface area contributed by atoms with Gasteiger partial charge in [0.25, 0.3) is 0 Å². The van der Waals surface area contributed by atoms with Crippen molar-refractivity contribution in [2.24, 2.45) is 9.98 Å². The maximum absolute atomic E-state index is 15.8. The number of nitrogens with zero attached hydrogens (tertiary/aromatic N) is 5. The summed E-state index contributed by atoms with van der Waals surface area (Å²) in [5.41, 5.74) is 2.47. The normalized spacial score (nSPS) is 12.2. The Bertz CT molecular complexity index is 1290. The molecule has 9 nitrogen and oxygen atoms in total. The highest BCUT2D eigenvalue weighted by atomic mass is 32.2. The van der Waals surface area contributed by atoms with Crippen molar-refractivity contribution in [3.05, 3.63) is 59.2 Å². The first-order valence-electron chi connectivity index (χ1n) is 11.6. The summed E-state index contributed by atoms with van der Waals surface area (Å²) in [6.45, 7) is 4.61. The lowest BCUT2D eigenvalue weighted by atomic mass is 10.0. The van der Waals surface area contributed by atoms with Crippen molar-refractivity contribution in [3.63, 3.8) is 0 Å². The van der Waals surface area contributed by atoms with E-state index in [0.717, 1.165) is 22.9 Å². The lowest BCUT2D eigenvalue weighted by Gasteiger charge is -2.16. The summed E-state index contributed by atoms with van der Waals surface area (Å²) in [7, 11) is 5.06. The monoisotopic (exact) mass is 527 g/mol. The maximum atomic E-state index is 15.8. The van der Waals surface area contributed by atoms with E-state index in [4.69, 9.17) is 19.0 Å². The lowest BCUT2D eigenvalue weighted by Crippen LogP contribution is -2.21. The molecular formula is C26H30FN5O4S. The first-order chi connectivity index (χ1) is 17.7. The molecule has 0 spiro atoms. The minimum Gasteiger partial charge on any atom is -0.489 e. The molecule has 2 aromatic carbocycles. The second-order valence-electron chi connectivity index (χ2n) is 8.20. The average molecular weight is 528 g/mol. The molecule has 196 valence electrons. The highest BCUT2D eigenvalue weighted by molar-refractivity contribution is 8.15. The van der Waals surface area contributed by atoms with Crippen LogP contribution in [0.2, 0.25) is 0 Å². The van der Waals surface area contributed by atoms with E-state index in [0.29, 0.717) is 37.0 Å². The summed E-state index contributed by atoms with van der Waals surface area (Å²) in [6.07, 6.45) is 1.57. The van der Waals surface area contributed by atoms with E-state index in [1.54, 1.807) is 49.6 Å². The Labute approximate surface area is 219 Å². The van der Waals surface area contributed by atoms with Gasteiger partial charge in [0, 0.05) is 24.6 Å². The molecule has 1 aromatic heterocycles. The standard InChI is InChI=1S/C26H30FN5O4S/c1-7-17-14-20(22(27)21(15-17)35-13-12-32(3)4)23(25(37-6)30-26(33)34-5)29-19-10-8-18(9-11-19)24-28-16(2)36-31-24/h8-11,14-15H,7,12-13H2,1-6H3/b29-23+,30-25-. The van der Waals surface area contributed by atoms with Gasteiger partial charge in [0.05, 0.1) is 12.8 Å². The van der Waals surface area contributed by atoms with Crippen LogP contribution in [0, 0.1) is 12.7 Å². The van der Waals surface area contributed by atoms with E-state index in [-0.39, 0.29) is 22.1 Å². The molecule has 11 heteroatoms. The molecule has 0 radical (unpaired) electrons. The number of carbonyl (C=O) groups is 1. The van der Waals surface area contributed by atoms with Crippen molar-refractivity contribution >= 4 is 34.3 Å². The summed E-state index contributed by atoms with van der Waals surface area (Å²) >= 11 is 1.16. The Morgan fingerprint density at radius 3 is 2.51 bits per heavy atom. The molecule has 37 heavy (non-hydrogen) atoms. The van der Waals surface area contributed by atoms with Crippen LogP contribution >= 0.6 is 11.8 Å². The van der Waals surface area contributed by atoms with Gasteiger partial charge < -0.3 is 18.9 Å². The van der Waals surface area contributed by atoms with Gasteiger partial charge in [0.1, 0.15) is 17.4 Å². The summed E-state index contributed by atoms with van der Waals surface area (Å²) < 4.78 is 31.4. The van der Waals surface area contributed by atoms with Crippen LogP contribution in [0.4, 0.5) is 14.9 Å². The average Bonchev–Trinajstić information content (AvgIpc) is 3.33. The summed E-state index contributed by atoms with van der Waals surface area (Å²) in [6, 6.07) is 10.4. The van der Waals surface area contributed by atoms with Crippen LogP contribution in [-0.4, -0.2) is 72.5 Å². The third-order valence-corrected chi connectivity index (χ3v) is 5.89. The number of ether oxygens (including phenoxy) is 2. The predicted molar refractivity (Wildman–Crippen MR) is 144 cm³/mol. The van der Waals surface area contributed by atoms with Crippen LogP contribution in [0.5, 0.6) is 5.75 Å². The Hall–Kier alpha value is -3.57. The van der Waals surface area contributed by atoms with Crippen molar-refractivity contribution in [2.75, 3.05) is 40.6 Å². The first-order valence-corrected chi connectivity index (χ1v) is 12.8. The van der Waals surface area contributed by atoms with E-state index in [2.05, 4.69) is 15.1 Å². The van der Waals surface area contributed by atoms with Crippen molar-refractivity contribution in [1.82, 2.24) is 15.0 Å². The number of thioether (sulfide) groups is 1. The van der Waals surface area contributed by atoms with Crippen LogP contribution in [-0.2, 0) is 11.2 Å². The van der Waals surface area contributed by atoms with Crippen LogP contribution in [0.25, 0.3) is 11.4 Å². The van der Waals surface area contributed by atoms with E-state index < -0.39 is 11.9 Å². The molecule has 0 aliphatic carbocycles. The highest BCUT2D eigenvalue weighted by Crippen LogP contribution is 2.28. The van der Waals surface area contributed by atoms with Crippen molar-refractivity contribution in [3.8, 4) is 17.1 Å². The van der Waals surface area contributed by atoms with E-state index >= 15 is 4.39 Å². The third kappa shape index (κ3) is 7.46. The minimum absolute atomic E-state index is 0.116. The number of likely N-dealkylation sites (N-methyl/N-ethyl adjacent to an activating group) is 1. The van der Waals surface area contributed by atoms with Gasteiger partial charge in [-0.1, -0.05) is 12.1 Å². The number of aliphatic imine (C=N–C) groups is 2. The molecule has 3 rings (SSSR count). The van der Waals surface area contributed by atoms with Gasteiger partial charge in [0.2, 0.25) is 11.7 Å².